The molecule has 7 nitrogen and oxygen atoms in total. The lowest BCUT2D eigenvalue weighted by molar-refractivity contribution is -0.126. The highest BCUT2D eigenvalue weighted by atomic mass is 32.2. The second kappa shape index (κ2) is 10.5. The molecule has 3 rings (SSSR count). The Morgan fingerprint density at radius 2 is 1.66 bits per heavy atom. The normalized spacial score (nSPS) is 20.6. The zero-order chi connectivity index (χ0) is 20.7. The maximum atomic E-state index is 12.7. The summed E-state index contributed by atoms with van der Waals surface area (Å²) >= 11 is 0. The van der Waals surface area contributed by atoms with Crippen LogP contribution in [-0.4, -0.2) is 87.8 Å². The molecule has 162 valence electrons. The summed E-state index contributed by atoms with van der Waals surface area (Å²) in [6, 6.07) is 8.51. The van der Waals surface area contributed by atoms with Gasteiger partial charge in [0.25, 0.3) is 0 Å². The molecule has 1 N–H and O–H groups in total. The monoisotopic (exact) mass is 422 g/mol. The summed E-state index contributed by atoms with van der Waals surface area (Å²) in [6.07, 6.45) is 3.25. The number of rotatable bonds is 8. The van der Waals surface area contributed by atoms with Crippen molar-refractivity contribution in [2.24, 2.45) is 5.92 Å². The van der Waals surface area contributed by atoms with Crippen LogP contribution in [0.5, 0.6) is 0 Å². The third-order valence-electron chi connectivity index (χ3n) is 6.00. The minimum atomic E-state index is -3.46. The van der Waals surface area contributed by atoms with Crippen molar-refractivity contribution in [2.45, 2.75) is 30.6 Å². The number of hydrogen-bond acceptors (Lipinski definition) is 5. The Morgan fingerprint density at radius 1 is 1.00 bits per heavy atom. The van der Waals surface area contributed by atoms with Gasteiger partial charge < -0.3 is 15.1 Å². The molecule has 0 radical (unpaired) electrons. The Kier molecular flexibility index (Phi) is 8.06. The van der Waals surface area contributed by atoms with E-state index in [1.807, 2.05) is 0 Å². The van der Waals surface area contributed by atoms with Gasteiger partial charge in [0.2, 0.25) is 15.9 Å². The van der Waals surface area contributed by atoms with Gasteiger partial charge in [-0.15, -0.1) is 0 Å². The van der Waals surface area contributed by atoms with E-state index in [9.17, 15) is 13.2 Å². The Bertz CT molecular complexity index is 740. The third-order valence-corrected chi connectivity index (χ3v) is 7.91. The molecule has 0 spiro atoms. The number of likely N-dealkylation sites (N-methyl/N-ethyl adjacent to an activating group) is 1. The molecule has 0 unspecified atom stereocenters. The first-order valence-electron chi connectivity index (χ1n) is 10.7. The van der Waals surface area contributed by atoms with Crippen LogP contribution in [0.4, 0.5) is 0 Å². The number of nitrogens with one attached hydrogen (secondary N) is 1. The van der Waals surface area contributed by atoms with Gasteiger partial charge in [0.15, 0.2) is 0 Å². The molecular formula is C21H34N4O3S. The van der Waals surface area contributed by atoms with Crippen LogP contribution in [0.1, 0.15) is 25.7 Å². The maximum Gasteiger partial charge on any atom is 0.243 e. The van der Waals surface area contributed by atoms with Crippen LogP contribution in [0, 0.1) is 5.92 Å². The molecule has 29 heavy (non-hydrogen) atoms. The highest BCUT2D eigenvalue weighted by Gasteiger charge is 2.31. The number of nitrogens with zero attached hydrogens (tertiary/aromatic N) is 3. The molecule has 2 saturated heterocycles. The van der Waals surface area contributed by atoms with E-state index in [0.717, 1.165) is 45.6 Å². The second-order valence-electron chi connectivity index (χ2n) is 8.13. The van der Waals surface area contributed by atoms with E-state index in [0.29, 0.717) is 37.4 Å². The lowest BCUT2D eigenvalue weighted by atomic mass is 9.97. The molecule has 2 aliphatic rings. The molecule has 2 fully saturated rings. The third kappa shape index (κ3) is 6.25. The molecule has 0 aromatic heterocycles. The summed E-state index contributed by atoms with van der Waals surface area (Å²) in [5.41, 5.74) is 0. The summed E-state index contributed by atoms with van der Waals surface area (Å²) in [5.74, 6) is -0.0174. The van der Waals surface area contributed by atoms with Crippen molar-refractivity contribution in [1.82, 2.24) is 19.4 Å². The summed E-state index contributed by atoms with van der Waals surface area (Å²) in [6.45, 7) is 7.14. The predicted octanol–water partition coefficient (Wildman–Crippen LogP) is 1.23. The van der Waals surface area contributed by atoms with Gasteiger partial charge in [-0.3, -0.25) is 4.79 Å². The number of unbranched alkanes of at least 4 members (excludes halogenated alkanes) is 1. The average molecular weight is 423 g/mol. The fourth-order valence-corrected chi connectivity index (χ4v) is 5.48. The molecular weight excluding hydrogens is 388 g/mol. The number of piperidine rings is 1. The Morgan fingerprint density at radius 3 is 2.31 bits per heavy atom. The maximum absolute atomic E-state index is 12.7. The summed E-state index contributed by atoms with van der Waals surface area (Å²) in [7, 11) is -1.29. The van der Waals surface area contributed by atoms with Crippen LogP contribution >= 0.6 is 0 Å². The minimum Gasteiger partial charge on any atom is -0.356 e. The Hall–Kier alpha value is -1.48. The summed E-state index contributed by atoms with van der Waals surface area (Å²) < 4.78 is 26.9. The smallest absolute Gasteiger partial charge is 0.243 e. The Balaban J connectivity index is 1.33. The lowest BCUT2D eigenvalue weighted by Crippen LogP contribution is -2.45. The van der Waals surface area contributed by atoms with Crippen molar-refractivity contribution < 1.29 is 13.2 Å². The van der Waals surface area contributed by atoms with Gasteiger partial charge in [-0.2, -0.15) is 4.31 Å². The molecule has 1 aromatic carbocycles. The van der Waals surface area contributed by atoms with Gasteiger partial charge in [0.1, 0.15) is 0 Å². The average Bonchev–Trinajstić information content (AvgIpc) is 2.75. The quantitative estimate of drug-likeness (QED) is 0.638. The van der Waals surface area contributed by atoms with Crippen LogP contribution in [0.2, 0.25) is 0 Å². The number of hydrogen-bond donors (Lipinski definition) is 1. The minimum absolute atomic E-state index is 0.0707. The van der Waals surface area contributed by atoms with Crippen LogP contribution in [0.15, 0.2) is 35.2 Å². The SMILES string of the molecule is CN1CCN(CCCCNC(=O)C2CCN(S(=O)(=O)c3ccccc3)CC2)CC1. The van der Waals surface area contributed by atoms with E-state index in [4.69, 9.17) is 0 Å². The second-order valence-corrected chi connectivity index (χ2v) is 10.1. The topological polar surface area (TPSA) is 73.0 Å². The first-order chi connectivity index (χ1) is 14.0. The predicted molar refractivity (Wildman–Crippen MR) is 114 cm³/mol. The van der Waals surface area contributed by atoms with Crippen molar-refractivity contribution in [3.05, 3.63) is 30.3 Å². The number of piperazine rings is 1. The van der Waals surface area contributed by atoms with Gasteiger partial charge in [-0.25, -0.2) is 8.42 Å². The number of amides is 1. The zero-order valence-electron chi connectivity index (χ0n) is 17.4. The van der Waals surface area contributed by atoms with E-state index in [-0.39, 0.29) is 11.8 Å². The molecule has 0 aliphatic carbocycles. The molecule has 0 saturated carbocycles. The molecule has 0 atom stereocenters. The van der Waals surface area contributed by atoms with Crippen LogP contribution in [0.25, 0.3) is 0 Å². The van der Waals surface area contributed by atoms with E-state index in [1.165, 1.54) is 4.31 Å². The Labute approximate surface area is 175 Å². The van der Waals surface area contributed by atoms with Gasteiger partial charge in [-0.1, -0.05) is 18.2 Å². The van der Waals surface area contributed by atoms with E-state index in [1.54, 1.807) is 30.3 Å². The van der Waals surface area contributed by atoms with Gasteiger partial charge in [-0.05, 0) is 51.4 Å². The highest BCUT2D eigenvalue weighted by Crippen LogP contribution is 2.23. The lowest BCUT2D eigenvalue weighted by Gasteiger charge is -2.32. The van der Waals surface area contributed by atoms with Crippen molar-refractivity contribution in [1.29, 1.82) is 0 Å². The van der Waals surface area contributed by atoms with Crippen molar-refractivity contribution in [2.75, 3.05) is 59.4 Å². The van der Waals surface area contributed by atoms with Crippen molar-refractivity contribution >= 4 is 15.9 Å². The van der Waals surface area contributed by atoms with E-state index in [2.05, 4.69) is 22.2 Å². The fourth-order valence-electron chi connectivity index (χ4n) is 3.99. The van der Waals surface area contributed by atoms with Crippen LogP contribution < -0.4 is 5.32 Å². The molecule has 2 aliphatic heterocycles. The van der Waals surface area contributed by atoms with Gasteiger partial charge >= 0.3 is 0 Å². The standard InChI is InChI=1S/C21H34N4O3S/c1-23-15-17-24(18-16-23)12-6-5-11-22-21(26)19-9-13-25(14-10-19)29(27,28)20-7-3-2-4-8-20/h2-4,7-8,19H,5-6,9-18H2,1H3,(H,22,26). The first kappa shape index (κ1) is 22.2. The van der Waals surface area contributed by atoms with E-state index >= 15 is 0 Å². The fraction of sp³-hybridized carbons (Fsp3) is 0.667. The highest BCUT2D eigenvalue weighted by molar-refractivity contribution is 7.89. The van der Waals surface area contributed by atoms with Crippen molar-refractivity contribution in [3.8, 4) is 0 Å². The molecule has 2 heterocycles. The number of benzene rings is 1. The summed E-state index contributed by atoms with van der Waals surface area (Å²) in [5, 5.41) is 3.05. The largest absolute Gasteiger partial charge is 0.356 e. The number of carbonyl (C=O) groups excluding carboxylic acids is 1. The van der Waals surface area contributed by atoms with Crippen LogP contribution in [-0.2, 0) is 14.8 Å². The summed E-state index contributed by atoms with van der Waals surface area (Å²) in [4.78, 5) is 17.6. The number of carbonyl (C=O) groups is 1. The molecule has 1 aromatic rings. The molecule has 8 heteroatoms. The molecule has 1 amide bonds. The van der Waals surface area contributed by atoms with Crippen LogP contribution in [0.3, 0.4) is 0 Å². The van der Waals surface area contributed by atoms with E-state index < -0.39 is 10.0 Å². The number of sulfonamides is 1. The molecule has 0 bridgehead atoms. The zero-order valence-corrected chi connectivity index (χ0v) is 18.2. The van der Waals surface area contributed by atoms with Gasteiger partial charge in [0, 0.05) is 51.7 Å². The van der Waals surface area contributed by atoms with Gasteiger partial charge in [0.05, 0.1) is 4.90 Å². The van der Waals surface area contributed by atoms with Crippen molar-refractivity contribution in [3.63, 3.8) is 0 Å². The first-order valence-corrected chi connectivity index (χ1v) is 12.1.